The molecule has 1 aromatic rings. The number of amides is 1. The van der Waals surface area contributed by atoms with Crippen LogP contribution in [0, 0.1) is 0 Å². The molecule has 0 aliphatic carbocycles. The van der Waals surface area contributed by atoms with E-state index in [4.69, 9.17) is 4.74 Å². The normalized spacial score (nSPS) is 10.8. The molecule has 1 amide bonds. The average molecular weight is 500 g/mol. The summed E-state index contributed by atoms with van der Waals surface area (Å²) in [5, 5.41) is 8.55. The van der Waals surface area contributed by atoms with Crippen LogP contribution < -0.4 is 25.4 Å². The Hall–Kier alpha value is -1.85. The van der Waals surface area contributed by atoms with Gasteiger partial charge in [0.05, 0.1) is 13.2 Å². The van der Waals surface area contributed by atoms with Crippen LogP contribution in [0.1, 0.15) is 25.8 Å². The second kappa shape index (κ2) is 14.2. The van der Waals surface area contributed by atoms with E-state index in [0.29, 0.717) is 24.7 Å². The van der Waals surface area contributed by atoms with Crippen LogP contribution in [0.5, 0.6) is 11.5 Å². The lowest BCUT2D eigenvalue weighted by atomic mass is 10.2. The van der Waals surface area contributed by atoms with Crippen molar-refractivity contribution in [3.63, 3.8) is 0 Å². The number of alkyl halides is 2. The number of guanidine groups is 1. The first kappa shape index (κ1) is 25.1. The molecule has 1 aromatic carbocycles. The molecule has 0 heterocycles. The van der Waals surface area contributed by atoms with E-state index in [9.17, 15) is 13.6 Å². The minimum atomic E-state index is -2.96. The largest absolute Gasteiger partial charge is 0.490 e. The maximum atomic E-state index is 12.7. The van der Waals surface area contributed by atoms with Gasteiger partial charge in [-0.2, -0.15) is 8.78 Å². The van der Waals surface area contributed by atoms with Crippen molar-refractivity contribution in [3.05, 3.63) is 23.8 Å². The highest BCUT2D eigenvalue weighted by Gasteiger charge is 2.16. The lowest BCUT2D eigenvalue weighted by Crippen LogP contribution is -2.43. The van der Waals surface area contributed by atoms with Crippen LogP contribution >= 0.6 is 24.0 Å². The molecule has 27 heavy (non-hydrogen) atoms. The summed E-state index contributed by atoms with van der Waals surface area (Å²) in [5.74, 6) is 0.429. The van der Waals surface area contributed by atoms with Crippen LogP contribution in [-0.4, -0.2) is 45.2 Å². The Kier molecular flexibility index (Phi) is 13.3. The van der Waals surface area contributed by atoms with Crippen molar-refractivity contribution in [2.75, 3.05) is 26.7 Å². The van der Waals surface area contributed by atoms with Crippen LogP contribution in [0.15, 0.2) is 23.2 Å². The van der Waals surface area contributed by atoms with E-state index >= 15 is 0 Å². The highest BCUT2D eigenvalue weighted by atomic mass is 127. The van der Waals surface area contributed by atoms with Crippen molar-refractivity contribution < 1.29 is 23.0 Å². The highest BCUT2D eigenvalue weighted by molar-refractivity contribution is 14.0. The van der Waals surface area contributed by atoms with Gasteiger partial charge in [-0.05, 0) is 19.4 Å². The van der Waals surface area contributed by atoms with Crippen molar-refractivity contribution in [1.82, 2.24) is 16.0 Å². The Balaban J connectivity index is 0.00000676. The van der Waals surface area contributed by atoms with Crippen LogP contribution in [0.3, 0.4) is 0 Å². The van der Waals surface area contributed by atoms with Gasteiger partial charge in [0.1, 0.15) is 0 Å². The molecule has 1 rings (SSSR count). The number of hydrogen-bond acceptors (Lipinski definition) is 4. The molecular formula is C17H27F2IN4O3. The molecule has 0 radical (unpaired) electrons. The topological polar surface area (TPSA) is 84.0 Å². The van der Waals surface area contributed by atoms with Gasteiger partial charge in [-0.3, -0.25) is 9.79 Å². The smallest absolute Gasteiger partial charge is 0.387 e. The van der Waals surface area contributed by atoms with E-state index < -0.39 is 6.61 Å². The van der Waals surface area contributed by atoms with E-state index in [-0.39, 0.29) is 54.5 Å². The number of ether oxygens (including phenoxy) is 2. The predicted octanol–water partition coefficient (Wildman–Crippen LogP) is 2.50. The summed E-state index contributed by atoms with van der Waals surface area (Å²) in [6.07, 6.45) is 0.849. The lowest BCUT2D eigenvalue weighted by Gasteiger charge is -2.17. The quantitative estimate of drug-likeness (QED) is 0.261. The molecule has 0 saturated heterocycles. The summed E-state index contributed by atoms with van der Waals surface area (Å²) < 4.78 is 35.4. The molecule has 7 nitrogen and oxygen atoms in total. The first-order chi connectivity index (χ1) is 12.5. The number of halogens is 3. The molecule has 0 unspecified atom stereocenters. The van der Waals surface area contributed by atoms with Gasteiger partial charge in [0.15, 0.2) is 17.5 Å². The second-order valence-electron chi connectivity index (χ2n) is 5.19. The van der Waals surface area contributed by atoms with Gasteiger partial charge in [0.2, 0.25) is 5.91 Å². The van der Waals surface area contributed by atoms with Gasteiger partial charge in [-0.1, -0.05) is 19.1 Å². The van der Waals surface area contributed by atoms with Gasteiger partial charge in [0.25, 0.3) is 0 Å². The van der Waals surface area contributed by atoms with Gasteiger partial charge < -0.3 is 25.4 Å². The van der Waals surface area contributed by atoms with Gasteiger partial charge in [-0.25, -0.2) is 0 Å². The fourth-order valence-electron chi connectivity index (χ4n) is 2.08. The third kappa shape index (κ3) is 9.59. The van der Waals surface area contributed by atoms with E-state index in [1.165, 1.54) is 0 Å². The third-order valence-corrected chi connectivity index (χ3v) is 3.23. The number of nitrogens with one attached hydrogen (secondary N) is 3. The molecule has 0 aromatic heterocycles. The van der Waals surface area contributed by atoms with Crippen molar-refractivity contribution in [1.29, 1.82) is 0 Å². The molecule has 0 saturated carbocycles. The molecule has 0 spiro atoms. The zero-order chi connectivity index (χ0) is 19.4. The van der Waals surface area contributed by atoms with Crippen molar-refractivity contribution >= 4 is 35.8 Å². The number of hydrogen-bond donors (Lipinski definition) is 3. The summed E-state index contributed by atoms with van der Waals surface area (Å²) in [7, 11) is 1.55. The number of benzene rings is 1. The SMILES string of the molecule is CCCNC(=O)CNC(=NC)NCc1cccc(OCC)c1OC(F)F.I. The van der Waals surface area contributed by atoms with Gasteiger partial charge in [0, 0.05) is 25.7 Å². The number of aliphatic imine (C=N–C) groups is 1. The Morgan fingerprint density at radius 2 is 1.96 bits per heavy atom. The van der Waals surface area contributed by atoms with Crippen molar-refractivity contribution in [2.45, 2.75) is 33.4 Å². The maximum absolute atomic E-state index is 12.7. The fourth-order valence-corrected chi connectivity index (χ4v) is 2.08. The van der Waals surface area contributed by atoms with E-state index in [0.717, 1.165) is 6.42 Å². The summed E-state index contributed by atoms with van der Waals surface area (Å²) in [6.45, 7) is 1.90. The molecule has 0 bridgehead atoms. The number of rotatable bonds is 10. The first-order valence-electron chi connectivity index (χ1n) is 8.42. The monoisotopic (exact) mass is 500 g/mol. The first-order valence-corrected chi connectivity index (χ1v) is 8.42. The van der Waals surface area contributed by atoms with Crippen LogP contribution in [-0.2, 0) is 11.3 Å². The minimum absolute atomic E-state index is 0. The van der Waals surface area contributed by atoms with Crippen molar-refractivity contribution in [2.24, 2.45) is 4.99 Å². The zero-order valence-electron chi connectivity index (χ0n) is 15.7. The number of para-hydroxylation sites is 1. The van der Waals surface area contributed by atoms with E-state index in [1.54, 1.807) is 32.2 Å². The fraction of sp³-hybridized carbons (Fsp3) is 0.529. The van der Waals surface area contributed by atoms with E-state index in [2.05, 4.69) is 25.7 Å². The van der Waals surface area contributed by atoms with Crippen molar-refractivity contribution in [3.8, 4) is 11.5 Å². The standard InChI is InChI=1S/C17H26F2N4O3.HI/c1-4-9-21-14(24)11-23-17(20-3)22-10-12-7-6-8-13(25-5-2)15(12)26-16(18)19;/h6-8,16H,4-5,9-11H2,1-3H3,(H,21,24)(H2,20,22,23);1H. The maximum Gasteiger partial charge on any atom is 0.387 e. The molecule has 10 heteroatoms. The average Bonchev–Trinajstić information content (AvgIpc) is 2.62. The van der Waals surface area contributed by atoms with E-state index in [1.807, 2.05) is 6.92 Å². The Bertz CT molecular complexity index is 604. The lowest BCUT2D eigenvalue weighted by molar-refractivity contribution is -0.120. The summed E-state index contributed by atoms with van der Waals surface area (Å²) in [6, 6.07) is 4.90. The number of carbonyl (C=O) groups is 1. The molecule has 0 atom stereocenters. The molecule has 0 fully saturated rings. The Morgan fingerprint density at radius 3 is 2.56 bits per heavy atom. The third-order valence-electron chi connectivity index (χ3n) is 3.23. The Morgan fingerprint density at radius 1 is 1.22 bits per heavy atom. The number of nitrogens with zero attached hydrogens (tertiary/aromatic N) is 1. The van der Waals surface area contributed by atoms with Gasteiger partial charge in [-0.15, -0.1) is 24.0 Å². The molecular weight excluding hydrogens is 473 g/mol. The van der Waals surface area contributed by atoms with Crippen LogP contribution in [0.4, 0.5) is 8.78 Å². The summed E-state index contributed by atoms with van der Waals surface area (Å²) in [5.41, 5.74) is 0.481. The molecule has 154 valence electrons. The van der Waals surface area contributed by atoms with Gasteiger partial charge >= 0.3 is 6.61 Å². The predicted molar refractivity (Wildman–Crippen MR) is 111 cm³/mol. The molecule has 0 aliphatic rings. The zero-order valence-corrected chi connectivity index (χ0v) is 18.0. The minimum Gasteiger partial charge on any atom is -0.490 e. The number of carbonyl (C=O) groups excluding carboxylic acids is 1. The second-order valence-corrected chi connectivity index (χ2v) is 5.19. The summed E-state index contributed by atoms with van der Waals surface area (Å²) >= 11 is 0. The highest BCUT2D eigenvalue weighted by Crippen LogP contribution is 2.32. The van der Waals surface area contributed by atoms with Crippen LogP contribution in [0.25, 0.3) is 0 Å². The molecule has 3 N–H and O–H groups in total. The Labute approximate surface area is 175 Å². The summed E-state index contributed by atoms with van der Waals surface area (Å²) in [4.78, 5) is 15.6. The molecule has 0 aliphatic heterocycles. The van der Waals surface area contributed by atoms with Crippen LogP contribution in [0.2, 0.25) is 0 Å².